The molecular formula is C23H22FN3OS. The summed E-state index contributed by atoms with van der Waals surface area (Å²) in [6.07, 6.45) is 1.78. The first kappa shape index (κ1) is 18.5. The number of hydrogen-bond donors (Lipinski definition) is 2. The van der Waals surface area contributed by atoms with Crippen LogP contribution >= 0.6 is 11.3 Å². The smallest absolute Gasteiger partial charge is 0.148 e. The largest absolute Gasteiger partial charge is 0.392 e. The average molecular weight is 408 g/mol. The first-order chi connectivity index (χ1) is 14.1. The van der Waals surface area contributed by atoms with E-state index >= 15 is 0 Å². The van der Waals surface area contributed by atoms with Gasteiger partial charge in [-0.2, -0.15) is 0 Å². The van der Waals surface area contributed by atoms with E-state index in [0.717, 1.165) is 48.7 Å². The second-order valence-electron chi connectivity index (χ2n) is 7.64. The Balaban J connectivity index is 1.33. The summed E-state index contributed by atoms with van der Waals surface area (Å²) < 4.78 is 13.4. The van der Waals surface area contributed by atoms with E-state index in [-0.39, 0.29) is 11.9 Å². The van der Waals surface area contributed by atoms with Gasteiger partial charge in [-0.05, 0) is 60.8 Å². The Kier molecular flexibility index (Phi) is 4.91. The highest BCUT2D eigenvalue weighted by Crippen LogP contribution is 2.34. The monoisotopic (exact) mass is 407 g/mol. The molecule has 0 bridgehead atoms. The summed E-state index contributed by atoms with van der Waals surface area (Å²) in [6, 6.07) is 17.4. The predicted octanol–water partition coefficient (Wildman–Crippen LogP) is 5.05. The number of halogens is 1. The number of aliphatic hydroxyl groups is 1. The van der Waals surface area contributed by atoms with Gasteiger partial charge in [0.25, 0.3) is 0 Å². The molecule has 0 amide bonds. The van der Waals surface area contributed by atoms with E-state index in [1.54, 1.807) is 17.4 Å². The molecule has 0 radical (unpaired) electrons. The zero-order valence-electron chi connectivity index (χ0n) is 15.9. The molecule has 5 rings (SSSR count). The molecule has 1 unspecified atom stereocenters. The zero-order chi connectivity index (χ0) is 19.8. The van der Waals surface area contributed by atoms with E-state index in [9.17, 15) is 9.50 Å². The molecule has 0 aliphatic carbocycles. The van der Waals surface area contributed by atoms with Gasteiger partial charge in [-0.25, -0.2) is 9.37 Å². The van der Waals surface area contributed by atoms with E-state index < -0.39 is 0 Å². The summed E-state index contributed by atoms with van der Waals surface area (Å²) >= 11 is 1.67. The average Bonchev–Trinajstić information content (AvgIpc) is 3.35. The molecular weight excluding hydrogens is 385 g/mol. The predicted molar refractivity (Wildman–Crippen MR) is 115 cm³/mol. The lowest BCUT2D eigenvalue weighted by Crippen LogP contribution is -2.37. The van der Waals surface area contributed by atoms with Gasteiger partial charge in [0.2, 0.25) is 0 Å². The highest BCUT2D eigenvalue weighted by Gasteiger charge is 2.17. The Labute approximate surface area is 172 Å². The summed E-state index contributed by atoms with van der Waals surface area (Å²) in [5, 5.41) is 9.84. The number of piperidine rings is 1. The van der Waals surface area contributed by atoms with E-state index in [1.807, 2.05) is 0 Å². The van der Waals surface area contributed by atoms with Crippen molar-refractivity contribution in [3.63, 3.8) is 0 Å². The molecule has 4 aromatic rings. The Morgan fingerprint density at radius 1 is 1.10 bits per heavy atom. The number of likely N-dealkylation sites (tertiary alicyclic amines) is 1. The van der Waals surface area contributed by atoms with Crippen LogP contribution in [-0.4, -0.2) is 39.2 Å². The van der Waals surface area contributed by atoms with Crippen molar-refractivity contribution in [1.82, 2.24) is 14.9 Å². The molecule has 1 aliphatic rings. The van der Waals surface area contributed by atoms with Gasteiger partial charge in [-0.1, -0.05) is 24.3 Å². The molecule has 0 spiro atoms. The zero-order valence-corrected chi connectivity index (χ0v) is 16.8. The summed E-state index contributed by atoms with van der Waals surface area (Å²) in [7, 11) is 0. The third kappa shape index (κ3) is 3.96. The lowest BCUT2D eigenvalue weighted by Gasteiger charge is -2.29. The normalized spacial score (nSPS) is 17.8. The van der Waals surface area contributed by atoms with Crippen molar-refractivity contribution >= 4 is 22.4 Å². The third-order valence-corrected chi connectivity index (χ3v) is 6.55. The van der Waals surface area contributed by atoms with E-state index in [0.29, 0.717) is 5.52 Å². The molecule has 2 N–H and O–H groups in total. The van der Waals surface area contributed by atoms with Crippen molar-refractivity contribution < 1.29 is 9.50 Å². The number of β-amino-alcohol motifs (C(OH)–C–C–N with tert-alkyl or cyclic N) is 1. The van der Waals surface area contributed by atoms with Crippen molar-refractivity contribution in [2.45, 2.75) is 25.5 Å². The molecule has 148 valence electrons. The summed E-state index contributed by atoms with van der Waals surface area (Å²) in [5.41, 5.74) is 3.91. The molecule has 2 aromatic heterocycles. The van der Waals surface area contributed by atoms with E-state index in [2.05, 4.69) is 51.3 Å². The fourth-order valence-corrected chi connectivity index (χ4v) is 4.88. The maximum atomic E-state index is 13.4. The van der Waals surface area contributed by atoms with Crippen LogP contribution < -0.4 is 0 Å². The Morgan fingerprint density at radius 3 is 2.76 bits per heavy atom. The molecule has 3 heterocycles. The van der Waals surface area contributed by atoms with Crippen LogP contribution in [0.5, 0.6) is 0 Å². The molecule has 1 saturated heterocycles. The van der Waals surface area contributed by atoms with Gasteiger partial charge >= 0.3 is 0 Å². The number of benzene rings is 2. The summed E-state index contributed by atoms with van der Waals surface area (Å²) in [5.74, 6) is 0.501. The lowest BCUT2D eigenvalue weighted by molar-refractivity contribution is 0.0668. The number of aromatic amines is 1. The minimum Gasteiger partial charge on any atom is -0.392 e. The number of hydrogen-bond acceptors (Lipinski definition) is 4. The van der Waals surface area contributed by atoms with Crippen molar-refractivity contribution in [2.24, 2.45) is 0 Å². The second kappa shape index (κ2) is 7.71. The van der Waals surface area contributed by atoms with Crippen molar-refractivity contribution in [3.05, 3.63) is 66.0 Å². The van der Waals surface area contributed by atoms with E-state index in [1.165, 1.54) is 28.1 Å². The fraction of sp³-hybridized carbons (Fsp3) is 0.261. The molecule has 1 fully saturated rings. The van der Waals surface area contributed by atoms with Gasteiger partial charge in [0, 0.05) is 18.0 Å². The number of nitrogens with one attached hydrogen (secondary N) is 1. The molecule has 0 saturated carbocycles. The van der Waals surface area contributed by atoms with Crippen molar-refractivity contribution in [1.29, 1.82) is 0 Å². The van der Waals surface area contributed by atoms with Crippen LogP contribution in [0.4, 0.5) is 4.39 Å². The number of fused-ring (bicyclic) bond motifs is 1. The lowest BCUT2D eigenvalue weighted by atomic mass is 10.1. The quantitative estimate of drug-likeness (QED) is 0.497. The van der Waals surface area contributed by atoms with Crippen LogP contribution in [0.25, 0.3) is 32.2 Å². The van der Waals surface area contributed by atoms with Gasteiger partial charge in [0.1, 0.15) is 11.6 Å². The molecule has 4 nitrogen and oxygen atoms in total. The number of thiophene rings is 1. The highest BCUT2D eigenvalue weighted by molar-refractivity contribution is 7.18. The van der Waals surface area contributed by atoms with Crippen molar-refractivity contribution in [2.75, 3.05) is 13.1 Å². The molecule has 1 aliphatic heterocycles. The van der Waals surface area contributed by atoms with Crippen LogP contribution in [0.1, 0.15) is 18.4 Å². The van der Waals surface area contributed by atoms with Crippen LogP contribution in [0.3, 0.4) is 0 Å². The minimum atomic E-state index is -0.265. The van der Waals surface area contributed by atoms with E-state index in [4.69, 9.17) is 0 Å². The van der Waals surface area contributed by atoms with Crippen LogP contribution in [0.15, 0.2) is 54.6 Å². The van der Waals surface area contributed by atoms with Gasteiger partial charge in [0.15, 0.2) is 0 Å². The number of rotatable bonds is 4. The Hall–Kier alpha value is -2.54. The molecule has 29 heavy (non-hydrogen) atoms. The van der Waals surface area contributed by atoms with Gasteiger partial charge < -0.3 is 10.1 Å². The first-order valence-corrected chi connectivity index (χ1v) is 10.7. The second-order valence-corrected chi connectivity index (χ2v) is 8.72. The van der Waals surface area contributed by atoms with Gasteiger partial charge in [-0.15, -0.1) is 11.3 Å². The minimum absolute atomic E-state index is 0.192. The number of nitrogens with zero attached hydrogens (tertiary/aromatic N) is 2. The van der Waals surface area contributed by atoms with Crippen LogP contribution in [-0.2, 0) is 6.54 Å². The Bertz CT molecular complexity index is 1130. The van der Waals surface area contributed by atoms with Crippen LogP contribution in [0.2, 0.25) is 0 Å². The first-order valence-electron chi connectivity index (χ1n) is 9.89. The number of aliphatic hydroxyl groups excluding tert-OH is 1. The molecule has 2 aromatic carbocycles. The molecule has 6 heteroatoms. The Morgan fingerprint density at radius 2 is 1.93 bits per heavy atom. The van der Waals surface area contributed by atoms with Gasteiger partial charge in [0.05, 0.1) is 22.0 Å². The van der Waals surface area contributed by atoms with Crippen LogP contribution in [0, 0.1) is 5.82 Å². The fourth-order valence-electron chi connectivity index (χ4n) is 3.93. The maximum Gasteiger partial charge on any atom is 0.148 e. The summed E-state index contributed by atoms with van der Waals surface area (Å²) in [4.78, 5) is 12.3. The summed E-state index contributed by atoms with van der Waals surface area (Å²) in [6.45, 7) is 2.69. The number of H-pyrrole nitrogens is 1. The maximum absolute atomic E-state index is 13.4. The van der Waals surface area contributed by atoms with Gasteiger partial charge in [-0.3, -0.25) is 4.90 Å². The molecule has 1 atom stereocenters. The number of aromatic nitrogens is 2. The standard InChI is InChI=1S/C23H22FN3OS/c24-17-7-8-19-20(12-17)26-23(25-19)22-10-9-21(29-22)16-5-3-15(4-6-16)13-27-11-1-2-18(28)14-27/h3-10,12,18,28H,1-2,11,13-14H2,(H,25,26). The topological polar surface area (TPSA) is 52.1 Å². The third-order valence-electron chi connectivity index (χ3n) is 5.41. The van der Waals surface area contributed by atoms with Crippen molar-refractivity contribution in [3.8, 4) is 21.1 Å². The number of imidazole rings is 1. The SMILES string of the molecule is OC1CCCN(Cc2ccc(-c3ccc(-c4nc5ccc(F)cc5[nH]4)s3)cc2)C1. The highest BCUT2D eigenvalue weighted by atomic mass is 32.1.